The van der Waals surface area contributed by atoms with Gasteiger partial charge in [0.1, 0.15) is 0 Å². The zero-order chi connectivity index (χ0) is 14.4. The van der Waals surface area contributed by atoms with E-state index >= 15 is 0 Å². The molecule has 2 aromatic carbocycles. The van der Waals surface area contributed by atoms with Gasteiger partial charge in [0.2, 0.25) is 6.79 Å². The van der Waals surface area contributed by atoms with Gasteiger partial charge in [0.05, 0.1) is 0 Å². The first-order valence-electron chi connectivity index (χ1n) is 7.39. The topological polar surface area (TPSA) is 21.7 Å². The highest BCUT2D eigenvalue weighted by Crippen LogP contribution is 2.47. The molecule has 0 fully saturated rings. The second-order valence-electron chi connectivity index (χ2n) is 6.01. The lowest BCUT2D eigenvalue weighted by Gasteiger charge is -2.20. The van der Waals surface area contributed by atoms with Crippen LogP contribution < -0.4 is 9.47 Å². The fourth-order valence-corrected chi connectivity index (χ4v) is 3.54. The Morgan fingerprint density at radius 3 is 2.52 bits per heavy atom. The van der Waals surface area contributed by atoms with Gasteiger partial charge in [-0.05, 0) is 49.3 Å². The molecule has 21 heavy (non-hydrogen) atoms. The molecule has 1 aliphatic carbocycles. The van der Waals surface area contributed by atoms with E-state index in [0.29, 0.717) is 18.8 Å². The molecule has 108 valence electrons. The average Bonchev–Trinajstić information content (AvgIpc) is 3.10. The van der Waals surface area contributed by atoms with Crippen molar-refractivity contribution < 1.29 is 9.47 Å². The minimum Gasteiger partial charge on any atom is -0.454 e. The van der Waals surface area contributed by atoms with Gasteiger partial charge < -0.3 is 14.4 Å². The summed E-state index contributed by atoms with van der Waals surface area (Å²) in [6.07, 6.45) is 1.12. The second-order valence-corrected chi connectivity index (χ2v) is 6.01. The molecule has 3 nitrogen and oxygen atoms in total. The Balaban J connectivity index is 1.76. The van der Waals surface area contributed by atoms with E-state index in [4.69, 9.17) is 9.47 Å². The van der Waals surface area contributed by atoms with E-state index in [1.54, 1.807) is 0 Å². The van der Waals surface area contributed by atoms with Gasteiger partial charge in [0.25, 0.3) is 0 Å². The van der Waals surface area contributed by atoms with Crippen LogP contribution in [0, 0.1) is 0 Å². The Morgan fingerprint density at radius 2 is 1.71 bits per heavy atom. The Bertz CT molecular complexity index is 681. The minimum atomic E-state index is 0.334. The smallest absolute Gasteiger partial charge is 0.231 e. The van der Waals surface area contributed by atoms with Crippen molar-refractivity contribution in [3.05, 3.63) is 59.2 Å². The van der Waals surface area contributed by atoms with Crippen molar-refractivity contribution in [2.45, 2.75) is 18.4 Å². The number of hydrogen-bond donors (Lipinski definition) is 0. The molecule has 0 spiro atoms. The third kappa shape index (κ3) is 2.00. The van der Waals surface area contributed by atoms with Gasteiger partial charge in [-0.1, -0.05) is 30.3 Å². The van der Waals surface area contributed by atoms with Crippen LogP contribution in [-0.4, -0.2) is 25.8 Å². The molecular weight excluding hydrogens is 262 g/mol. The number of rotatable bonds is 2. The van der Waals surface area contributed by atoms with E-state index in [-0.39, 0.29) is 0 Å². The van der Waals surface area contributed by atoms with Gasteiger partial charge in [-0.25, -0.2) is 0 Å². The molecule has 0 unspecified atom stereocenters. The monoisotopic (exact) mass is 281 g/mol. The third-order valence-electron chi connectivity index (χ3n) is 4.61. The Kier molecular flexibility index (Phi) is 2.89. The fraction of sp³-hybridized carbons (Fsp3) is 0.333. The number of benzene rings is 2. The van der Waals surface area contributed by atoms with E-state index in [1.807, 2.05) is 6.07 Å². The number of nitrogens with zero attached hydrogens (tertiary/aromatic N) is 1. The molecule has 2 atom stereocenters. The fourth-order valence-electron chi connectivity index (χ4n) is 3.54. The van der Waals surface area contributed by atoms with Crippen molar-refractivity contribution in [3.63, 3.8) is 0 Å². The van der Waals surface area contributed by atoms with E-state index < -0.39 is 0 Å². The summed E-state index contributed by atoms with van der Waals surface area (Å²) in [5.74, 6) is 2.16. The largest absolute Gasteiger partial charge is 0.454 e. The molecule has 0 N–H and O–H groups in total. The molecule has 2 aromatic rings. The Hall–Kier alpha value is -2.00. The lowest BCUT2D eigenvalue weighted by molar-refractivity contribution is 0.174. The first-order valence-corrected chi connectivity index (χ1v) is 7.39. The lowest BCUT2D eigenvalue weighted by atomic mass is 9.93. The molecule has 0 aromatic heterocycles. The van der Waals surface area contributed by atoms with Gasteiger partial charge in [-0.3, -0.25) is 0 Å². The Labute approximate surface area is 125 Å². The zero-order valence-electron chi connectivity index (χ0n) is 12.4. The van der Waals surface area contributed by atoms with Crippen LogP contribution in [0.1, 0.15) is 35.1 Å². The van der Waals surface area contributed by atoms with Crippen LogP contribution in [-0.2, 0) is 0 Å². The van der Waals surface area contributed by atoms with Crippen molar-refractivity contribution in [1.82, 2.24) is 4.90 Å². The molecule has 0 bridgehead atoms. The summed E-state index contributed by atoms with van der Waals surface area (Å²) < 4.78 is 10.9. The van der Waals surface area contributed by atoms with Gasteiger partial charge in [0.15, 0.2) is 11.5 Å². The number of fused-ring (bicyclic) bond motifs is 2. The highest BCUT2D eigenvalue weighted by molar-refractivity contribution is 5.50. The highest BCUT2D eigenvalue weighted by atomic mass is 16.7. The summed E-state index contributed by atoms with van der Waals surface area (Å²) in [4.78, 5) is 2.31. The summed E-state index contributed by atoms with van der Waals surface area (Å²) in [6.45, 7) is 0.334. The zero-order valence-corrected chi connectivity index (χ0v) is 12.4. The summed E-state index contributed by atoms with van der Waals surface area (Å²) >= 11 is 0. The van der Waals surface area contributed by atoms with Crippen LogP contribution in [0.15, 0.2) is 42.5 Å². The second kappa shape index (κ2) is 4.78. The maximum absolute atomic E-state index is 5.53. The molecule has 0 amide bonds. The summed E-state index contributed by atoms with van der Waals surface area (Å²) in [5.41, 5.74) is 4.20. The first-order chi connectivity index (χ1) is 10.2. The average molecular weight is 281 g/mol. The molecule has 4 rings (SSSR count). The highest BCUT2D eigenvalue weighted by Gasteiger charge is 2.33. The molecule has 1 heterocycles. The maximum atomic E-state index is 5.53. The predicted octanol–water partition coefficient (Wildman–Crippen LogP) is 3.55. The van der Waals surface area contributed by atoms with Gasteiger partial charge in [-0.15, -0.1) is 0 Å². The van der Waals surface area contributed by atoms with Crippen LogP contribution >= 0.6 is 0 Å². The summed E-state index contributed by atoms with van der Waals surface area (Å²) in [7, 11) is 4.31. The minimum absolute atomic E-state index is 0.334. The SMILES string of the molecule is CN(C)[C@@H]1C[C@H](c2ccc3c(c2)OCO3)c2ccccc21. The normalized spacial score (nSPS) is 22.6. The summed E-state index contributed by atoms with van der Waals surface area (Å²) in [6, 6.07) is 15.6. The van der Waals surface area contributed by atoms with Crippen molar-refractivity contribution in [2.24, 2.45) is 0 Å². The van der Waals surface area contributed by atoms with Crippen LogP contribution in [0.4, 0.5) is 0 Å². The van der Waals surface area contributed by atoms with E-state index in [9.17, 15) is 0 Å². The number of hydrogen-bond acceptors (Lipinski definition) is 3. The van der Waals surface area contributed by atoms with Gasteiger partial charge >= 0.3 is 0 Å². The van der Waals surface area contributed by atoms with Crippen LogP contribution in [0.3, 0.4) is 0 Å². The van der Waals surface area contributed by atoms with E-state index in [0.717, 1.165) is 17.9 Å². The van der Waals surface area contributed by atoms with Crippen LogP contribution in [0.2, 0.25) is 0 Å². The van der Waals surface area contributed by atoms with Crippen molar-refractivity contribution in [2.75, 3.05) is 20.9 Å². The quantitative estimate of drug-likeness (QED) is 0.840. The number of ether oxygens (including phenoxy) is 2. The standard InChI is InChI=1S/C18H19NO2/c1-19(2)16-10-15(13-5-3-4-6-14(13)16)12-7-8-17-18(9-12)21-11-20-17/h3-9,15-16H,10-11H2,1-2H3/t15-,16-/m1/s1. The Morgan fingerprint density at radius 1 is 0.952 bits per heavy atom. The summed E-state index contributed by atoms with van der Waals surface area (Å²) in [5, 5.41) is 0. The maximum Gasteiger partial charge on any atom is 0.231 e. The third-order valence-corrected chi connectivity index (χ3v) is 4.61. The molecule has 2 aliphatic rings. The molecule has 0 saturated carbocycles. The molecule has 3 heteroatoms. The lowest BCUT2D eigenvalue weighted by Crippen LogP contribution is -2.17. The van der Waals surface area contributed by atoms with Crippen molar-refractivity contribution >= 4 is 0 Å². The molecule has 0 saturated heterocycles. The molecule has 1 aliphatic heterocycles. The van der Waals surface area contributed by atoms with Gasteiger partial charge in [0, 0.05) is 12.0 Å². The van der Waals surface area contributed by atoms with Crippen LogP contribution in [0.25, 0.3) is 0 Å². The van der Waals surface area contributed by atoms with Crippen molar-refractivity contribution in [3.8, 4) is 11.5 Å². The predicted molar refractivity (Wildman–Crippen MR) is 81.9 cm³/mol. The molecular formula is C18H19NO2. The van der Waals surface area contributed by atoms with Crippen molar-refractivity contribution in [1.29, 1.82) is 0 Å². The van der Waals surface area contributed by atoms with E-state index in [1.165, 1.54) is 16.7 Å². The molecule has 0 radical (unpaired) electrons. The van der Waals surface area contributed by atoms with E-state index in [2.05, 4.69) is 55.4 Å². The van der Waals surface area contributed by atoms with Crippen LogP contribution in [0.5, 0.6) is 11.5 Å². The van der Waals surface area contributed by atoms with Gasteiger partial charge in [-0.2, -0.15) is 0 Å². The first kappa shape index (κ1) is 12.7.